The van der Waals surface area contributed by atoms with Gasteiger partial charge in [-0.05, 0) is 57.8 Å². The Bertz CT molecular complexity index is 1270. The molecule has 6 nitrogen and oxygen atoms in total. The Labute approximate surface area is 401 Å². The van der Waals surface area contributed by atoms with Gasteiger partial charge in [0.05, 0.1) is 0 Å². The van der Waals surface area contributed by atoms with E-state index in [1.165, 1.54) is 128 Å². The molecular weight excluding hydrogens is 805 g/mol. The molecule has 6 heteroatoms. The van der Waals surface area contributed by atoms with Crippen molar-refractivity contribution in [3.63, 3.8) is 0 Å². The zero-order valence-corrected chi connectivity index (χ0v) is 42.5. The van der Waals surface area contributed by atoms with E-state index < -0.39 is 6.10 Å². The molecule has 0 fully saturated rings. The van der Waals surface area contributed by atoms with E-state index in [9.17, 15) is 14.4 Å². The molecule has 0 bridgehead atoms. The molecule has 0 aliphatic carbocycles. The Morgan fingerprint density at radius 2 is 0.631 bits per heavy atom. The van der Waals surface area contributed by atoms with Gasteiger partial charge in [-0.3, -0.25) is 14.4 Å². The first kappa shape index (κ1) is 61.6. The van der Waals surface area contributed by atoms with Crippen LogP contribution in [-0.4, -0.2) is 37.2 Å². The molecule has 0 radical (unpaired) electrons. The summed E-state index contributed by atoms with van der Waals surface area (Å²) in [7, 11) is 0. The van der Waals surface area contributed by atoms with Crippen LogP contribution < -0.4 is 0 Å². The first-order valence-corrected chi connectivity index (χ1v) is 27.2. The lowest BCUT2D eigenvalue weighted by molar-refractivity contribution is -0.167. The number of unbranched alkanes of at least 4 members (excludes halogenated alkanes) is 28. The van der Waals surface area contributed by atoms with Crippen molar-refractivity contribution in [2.24, 2.45) is 0 Å². The summed E-state index contributed by atoms with van der Waals surface area (Å²) < 4.78 is 16.8. The number of hydrogen-bond donors (Lipinski definition) is 0. The molecule has 0 aromatic carbocycles. The van der Waals surface area contributed by atoms with Gasteiger partial charge >= 0.3 is 17.9 Å². The molecule has 65 heavy (non-hydrogen) atoms. The maximum Gasteiger partial charge on any atom is 0.306 e. The summed E-state index contributed by atoms with van der Waals surface area (Å²) in [5, 5.41) is 0. The third kappa shape index (κ3) is 51.4. The van der Waals surface area contributed by atoms with Crippen molar-refractivity contribution in [2.45, 2.75) is 258 Å². The molecule has 0 aliphatic heterocycles. The van der Waals surface area contributed by atoms with E-state index in [0.717, 1.165) is 77.0 Å². The lowest BCUT2D eigenvalue weighted by Gasteiger charge is -2.18. The second-order valence-corrected chi connectivity index (χ2v) is 17.9. The first-order chi connectivity index (χ1) is 32.0. The first-order valence-electron chi connectivity index (χ1n) is 27.2. The minimum Gasteiger partial charge on any atom is -0.462 e. The fourth-order valence-corrected chi connectivity index (χ4v) is 7.46. The minimum absolute atomic E-state index is 0.0959. The highest BCUT2D eigenvalue weighted by molar-refractivity contribution is 5.71. The van der Waals surface area contributed by atoms with Crippen LogP contribution in [-0.2, 0) is 28.6 Å². The van der Waals surface area contributed by atoms with E-state index in [-0.39, 0.29) is 37.5 Å². The Morgan fingerprint density at radius 1 is 0.323 bits per heavy atom. The quantitative estimate of drug-likeness (QED) is 0.0199. The van der Waals surface area contributed by atoms with Crippen molar-refractivity contribution < 1.29 is 28.6 Å². The zero-order valence-electron chi connectivity index (χ0n) is 42.5. The molecule has 1 unspecified atom stereocenters. The van der Waals surface area contributed by atoms with E-state index in [0.29, 0.717) is 19.3 Å². The average molecular weight is 905 g/mol. The third-order valence-corrected chi connectivity index (χ3v) is 11.5. The van der Waals surface area contributed by atoms with E-state index in [1.54, 1.807) is 0 Å². The van der Waals surface area contributed by atoms with Gasteiger partial charge in [-0.2, -0.15) is 0 Å². The van der Waals surface area contributed by atoms with Crippen molar-refractivity contribution >= 4 is 17.9 Å². The normalized spacial score (nSPS) is 12.7. The summed E-state index contributed by atoms with van der Waals surface area (Å²) in [6.07, 6.45) is 68.6. The molecule has 0 heterocycles. The van der Waals surface area contributed by atoms with Crippen molar-refractivity contribution in [3.05, 3.63) is 85.1 Å². The van der Waals surface area contributed by atoms with E-state index in [1.807, 2.05) is 60.8 Å². The van der Waals surface area contributed by atoms with Crippen molar-refractivity contribution in [2.75, 3.05) is 13.2 Å². The van der Waals surface area contributed by atoms with Crippen LogP contribution in [0.4, 0.5) is 0 Å². The van der Waals surface area contributed by atoms with Gasteiger partial charge in [0, 0.05) is 19.3 Å². The van der Waals surface area contributed by atoms with Crippen molar-refractivity contribution in [3.8, 4) is 0 Å². The van der Waals surface area contributed by atoms with Gasteiger partial charge in [0.2, 0.25) is 0 Å². The molecule has 0 N–H and O–H groups in total. The highest BCUT2D eigenvalue weighted by Crippen LogP contribution is 2.16. The van der Waals surface area contributed by atoms with Gasteiger partial charge in [-0.1, -0.05) is 260 Å². The highest BCUT2D eigenvalue weighted by atomic mass is 16.6. The Hall–Kier alpha value is -3.41. The predicted octanol–water partition coefficient (Wildman–Crippen LogP) is 18.0. The van der Waals surface area contributed by atoms with Crippen LogP contribution >= 0.6 is 0 Å². The zero-order chi connectivity index (χ0) is 47.2. The maximum absolute atomic E-state index is 12.8. The van der Waals surface area contributed by atoms with Crippen LogP contribution in [0.5, 0.6) is 0 Å². The Kier molecular flexibility index (Phi) is 50.4. The van der Waals surface area contributed by atoms with Crippen LogP contribution in [0.15, 0.2) is 85.1 Å². The van der Waals surface area contributed by atoms with Crippen LogP contribution in [0, 0.1) is 0 Å². The number of rotatable bonds is 48. The van der Waals surface area contributed by atoms with Crippen LogP contribution in [0.1, 0.15) is 252 Å². The smallest absolute Gasteiger partial charge is 0.306 e. The van der Waals surface area contributed by atoms with E-state index in [2.05, 4.69) is 45.1 Å². The average Bonchev–Trinajstić information content (AvgIpc) is 3.30. The maximum atomic E-state index is 12.8. The molecular formula is C59H100O6. The summed E-state index contributed by atoms with van der Waals surface area (Å²) >= 11 is 0. The largest absolute Gasteiger partial charge is 0.462 e. The van der Waals surface area contributed by atoms with Gasteiger partial charge in [-0.15, -0.1) is 0 Å². The van der Waals surface area contributed by atoms with Gasteiger partial charge in [0.25, 0.3) is 0 Å². The van der Waals surface area contributed by atoms with Crippen LogP contribution in [0.2, 0.25) is 0 Å². The molecule has 1 atom stereocenters. The molecule has 0 aromatic heterocycles. The summed E-state index contributed by atoms with van der Waals surface area (Å²) in [6, 6.07) is 0. The van der Waals surface area contributed by atoms with Gasteiger partial charge in [0.15, 0.2) is 6.10 Å². The van der Waals surface area contributed by atoms with Crippen LogP contribution in [0.25, 0.3) is 0 Å². The summed E-state index contributed by atoms with van der Waals surface area (Å²) in [4.78, 5) is 38.0. The standard InChI is InChI=1S/C59H100O6/c1-4-7-10-13-16-19-22-24-26-28-29-31-32-34-37-40-43-46-49-52-58(61)64-55-56(54-63-57(60)51-48-45-42-39-36-21-18-15-12-9-6-3)65-59(62)53-50-47-44-41-38-35-33-30-27-25-23-20-17-14-11-8-5-2/h8,11,14-15,17-18,20,23,25,27,30,33,35,38,56H,4-7,9-10,12-13,16,19,21-22,24,26,28-29,31-32,34,36-37,39-55H2,1-3H3/b11-8-,17-14-,18-15-,23-20-,27-25-,33-30+,38-35-. The van der Waals surface area contributed by atoms with Gasteiger partial charge in [0.1, 0.15) is 13.2 Å². The third-order valence-electron chi connectivity index (χ3n) is 11.5. The predicted molar refractivity (Wildman–Crippen MR) is 279 cm³/mol. The topological polar surface area (TPSA) is 78.9 Å². The lowest BCUT2D eigenvalue weighted by atomic mass is 10.0. The van der Waals surface area contributed by atoms with Gasteiger partial charge < -0.3 is 14.2 Å². The molecule has 0 rings (SSSR count). The fourth-order valence-electron chi connectivity index (χ4n) is 7.46. The number of carbonyl (C=O) groups is 3. The molecule has 0 spiro atoms. The number of allylic oxidation sites excluding steroid dienone is 14. The minimum atomic E-state index is -0.801. The molecule has 0 saturated carbocycles. The number of hydrogen-bond acceptors (Lipinski definition) is 6. The molecule has 0 aliphatic rings. The van der Waals surface area contributed by atoms with Crippen molar-refractivity contribution in [1.29, 1.82) is 0 Å². The van der Waals surface area contributed by atoms with Crippen LogP contribution in [0.3, 0.4) is 0 Å². The lowest BCUT2D eigenvalue weighted by Crippen LogP contribution is -2.30. The van der Waals surface area contributed by atoms with Gasteiger partial charge in [-0.25, -0.2) is 0 Å². The summed E-state index contributed by atoms with van der Waals surface area (Å²) in [6.45, 7) is 6.42. The number of carbonyl (C=O) groups excluding carboxylic acids is 3. The molecule has 372 valence electrons. The van der Waals surface area contributed by atoms with E-state index in [4.69, 9.17) is 14.2 Å². The summed E-state index contributed by atoms with van der Waals surface area (Å²) in [5.74, 6) is -0.946. The van der Waals surface area contributed by atoms with E-state index >= 15 is 0 Å². The summed E-state index contributed by atoms with van der Waals surface area (Å²) in [5.41, 5.74) is 0. The molecule has 0 aromatic rings. The second kappa shape index (κ2) is 53.2. The number of esters is 3. The Balaban J connectivity index is 4.41. The second-order valence-electron chi connectivity index (χ2n) is 17.9. The highest BCUT2D eigenvalue weighted by Gasteiger charge is 2.19. The molecule has 0 amide bonds. The van der Waals surface area contributed by atoms with Crippen molar-refractivity contribution in [1.82, 2.24) is 0 Å². The SMILES string of the molecule is CC\C=C/C=C\C=C/C=C\C=C\C=C/CCCCCC(=O)OC(COC(=O)CCCCCCC/C=C\CCCC)COC(=O)CCCCCCCCCCCCCCCCCCCCC. The number of ether oxygens (including phenoxy) is 3. The monoisotopic (exact) mass is 905 g/mol. The fraction of sp³-hybridized carbons (Fsp3) is 0.712. The Morgan fingerprint density at radius 3 is 1.05 bits per heavy atom. The molecule has 0 saturated heterocycles.